The zero-order valence-corrected chi connectivity index (χ0v) is 7.95. The van der Waals surface area contributed by atoms with Crippen molar-refractivity contribution in [2.75, 3.05) is 0 Å². The molecule has 0 aliphatic heterocycles. The predicted molar refractivity (Wildman–Crippen MR) is 49.0 cm³/mol. The highest BCUT2D eigenvalue weighted by atomic mass is 19.1. The van der Waals surface area contributed by atoms with Gasteiger partial charge in [0.2, 0.25) is 5.95 Å². The van der Waals surface area contributed by atoms with Gasteiger partial charge in [0.25, 0.3) is 0 Å². The van der Waals surface area contributed by atoms with Crippen LogP contribution in [0.2, 0.25) is 0 Å². The zero-order valence-electron chi connectivity index (χ0n) is 7.95. The number of rotatable bonds is 0. The van der Waals surface area contributed by atoms with Gasteiger partial charge in [-0.1, -0.05) is 13.8 Å². The summed E-state index contributed by atoms with van der Waals surface area (Å²) < 4.78 is 13.9. The fraction of sp³-hybridized carbons (Fsp3) is 0.333. The molecule has 3 nitrogen and oxygen atoms in total. The average molecular weight is 181 g/mol. The molecule has 13 heavy (non-hydrogen) atoms. The third-order valence-electron chi connectivity index (χ3n) is 1.42. The minimum absolute atomic E-state index is 0.497. The minimum atomic E-state index is -0.497. The second-order valence-corrected chi connectivity index (χ2v) is 2.34. The first-order chi connectivity index (χ1) is 6.25. The molecule has 0 N–H and O–H groups in total. The van der Waals surface area contributed by atoms with Gasteiger partial charge in [-0.3, -0.25) is 0 Å². The molecule has 0 saturated heterocycles. The molecule has 0 fully saturated rings. The van der Waals surface area contributed by atoms with Gasteiger partial charge >= 0.3 is 0 Å². The summed E-state index contributed by atoms with van der Waals surface area (Å²) in [6.07, 6.45) is 1.25. The summed E-state index contributed by atoms with van der Waals surface area (Å²) >= 11 is 0. The zero-order chi connectivity index (χ0) is 9.84. The van der Waals surface area contributed by atoms with Crippen LogP contribution in [-0.4, -0.2) is 14.6 Å². The molecule has 0 amide bonds. The van der Waals surface area contributed by atoms with Crippen molar-refractivity contribution in [3.05, 3.63) is 30.0 Å². The molecule has 0 aliphatic rings. The fourth-order valence-corrected chi connectivity index (χ4v) is 0.949. The summed E-state index contributed by atoms with van der Waals surface area (Å²) in [6.45, 7) is 5.84. The summed E-state index contributed by atoms with van der Waals surface area (Å²) in [7, 11) is 0. The Balaban J connectivity index is 0.000000396. The van der Waals surface area contributed by atoms with Crippen molar-refractivity contribution >= 4 is 5.65 Å². The van der Waals surface area contributed by atoms with Gasteiger partial charge in [0.1, 0.15) is 0 Å². The lowest BCUT2D eigenvalue weighted by atomic mass is 10.4. The molecule has 0 saturated carbocycles. The quantitative estimate of drug-likeness (QED) is 0.623. The van der Waals surface area contributed by atoms with Gasteiger partial charge in [-0.05, 0) is 19.1 Å². The largest absolute Gasteiger partial charge is 0.233 e. The second kappa shape index (κ2) is 3.98. The minimum Gasteiger partial charge on any atom is -0.218 e. The van der Waals surface area contributed by atoms with Crippen LogP contribution < -0.4 is 0 Å². The summed E-state index contributed by atoms with van der Waals surface area (Å²) in [5, 5.41) is 4.01. The van der Waals surface area contributed by atoms with Crippen LogP contribution in [0.4, 0.5) is 4.39 Å². The molecule has 0 spiro atoms. The van der Waals surface area contributed by atoms with E-state index in [1.165, 1.54) is 10.7 Å². The van der Waals surface area contributed by atoms with Crippen LogP contribution in [-0.2, 0) is 0 Å². The van der Waals surface area contributed by atoms with Crippen molar-refractivity contribution in [1.29, 1.82) is 0 Å². The SMILES string of the molecule is CC.Cc1ccc2nc(F)cn2n1. The van der Waals surface area contributed by atoms with Crippen LogP contribution in [0.3, 0.4) is 0 Å². The van der Waals surface area contributed by atoms with Gasteiger partial charge in [-0.25, -0.2) is 4.52 Å². The molecule has 2 heterocycles. The first-order valence-corrected chi connectivity index (χ1v) is 4.24. The Morgan fingerprint density at radius 2 is 2.00 bits per heavy atom. The van der Waals surface area contributed by atoms with Gasteiger partial charge in [-0.15, -0.1) is 0 Å². The van der Waals surface area contributed by atoms with E-state index in [2.05, 4.69) is 10.1 Å². The monoisotopic (exact) mass is 181 g/mol. The third kappa shape index (κ3) is 2.02. The van der Waals surface area contributed by atoms with Crippen LogP contribution in [0, 0.1) is 12.9 Å². The smallest absolute Gasteiger partial charge is 0.218 e. The predicted octanol–water partition coefficient (Wildman–Crippen LogP) is 2.20. The lowest BCUT2D eigenvalue weighted by molar-refractivity contribution is 0.591. The van der Waals surface area contributed by atoms with E-state index in [9.17, 15) is 4.39 Å². The van der Waals surface area contributed by atoms with E-state index in [0.29, 0.717) is 5.65 Å². The van der Waals surface area contributed by atoms with Gasteiger partial charge in [0.05, 0.1) is 11.9 Å². The number of aromatic nitrogens is 3. The van der Waals surface area contributed by atoms with Crippen LogP contribution in [0.5, 0.6) is 0 Å². The van der Waals surface area contributed by atoms with Crippen LogP contribution in [0.25, 0.3) is 5.65 Å². The Morgan fingerprint density at radius 1 is 1.31 bits per heavy atom. The molecule has 0 atom stereocenters. The van der Waals surface area contributed by atoms with Gasteiger partial charge in [0.15, 0.2) is 5.65 Å². The maximum absolute atomic E-state index is 12.5. The molecule has 0 unspecified atom stereocenters. The lowest BCUT2D eigenvalue weighted by Gasteiger charge is -1.91. The highest BCUT2D eigenvalue weighted by molar-refractivity contribution is 5.36. The van der Waals surface area contributed by atoms with Crippen molar-refractivity contribution in [3.8, 4) is 0 Å². The third-order valence-corrected chi connectivity index (χ3v) is 1.42. The standard InChI is InChI=1S/C7H6FN3.C2H6/c1-5-2-3-7-9-6(8)4-11(7)10-5;1-2/h2-4H,1H3;1-2H3. The number of aryl methyl sites for hydroxylation is 1. The Morgan fingerprint density at radius 3 is 2.69 bits per heavy atom. The van der Waals surface area contributed by atoms with Crippen molar-refractivity contribution in [1.82, 2.24) is 14.6 Å². The highest BCUT2D eigenvalue weighted by Gasteiger charge is 1.99. The second-order valence-electron chi connectivity index (χ2n) is 2.34. The van der Waals surface area contributed by atoms with Crippen molar-refractivity contribution in [2.24, 2.45) is 0 Å². The van der Waals surface area contributed by atoms with Crippen LogP contribution in [0.1, 0.15) is 19.5 Å². The van der Waals surface area contributed by atoms with Gasteiger partial charge in [-0.2, -0.15) is 14.5 Å². The molecule has 2 aromatic rings. The first kappa shape index (κ1) is 9.64. The lowest BCUT2D eigenvalue weighted by Crippen LogP contribution is -1.91. The number of halogens is 1. The molecule has 0 bridgehead atoms. The maximum atomic E-state index is 12.5. The molecule has 2 rings (SSSR count). The topological polar surface area (TPSA) is 30.2 Å². The fourth-order valence-electron chi connectivity index (χ4n) is 0.949. The Kier molecular flexibility index (Phi) is 2.95. The van der Waals surface area contributed by atoms with E-state index >= 15 is 0 Å². The molecule has 0 aromatic carbocycles. The molecule has 4 heteroatoms. The van der Waals surface area contributed by atoms with E-state index in [-0.39, 0.29) is 0 Å². The number of nitrogens with zero attached hydrogens (tertiary/aromatic N) is 3. The number of fused-ring (bicyclic) bond motifs is 1. The summed E-state index contributed by atoms with van der Waals surface area (Å²) in [4.78, 5) is 3.59. The maximum Gasteiger partial charge on any atom is 0.233 e. The molecule has 0 radical (unpaired) electrons. The van der Waals surface area contributed by atoms with E-state index < -0.39 is 5.95 Å². The van der Waals surface area contributed by atoms with E-state index in [1.807, 2.05) is 20.8 Å². The Bertz CT molecular complexity index is 395. The van der Waals surface area contributed by atoms with E-state index in [4.69, 9.17) is 0 Å². The molecular formula is C9H12FN3. The number of hydrogen-bond donors (Lipinski definition) is 0. The van der Waals surface area contributed by atoms with E-state index in [0.717, 1.165) is 5.69 Å². The van der Waals surface area contributed by atoms with Crippen molar-refractivity contribution < 1.29 is 4.39 Å². The number of imidazole rings is 1. The normalized spacial score (nSPS) is 9.54. The summed E-state index contributed by atoms with van der Waals surface area (Å²) in [5.41, 5.74) is 1.38. The highest BCUT2D eigenvalue weighted by Crippen LogP contribution is 2.01. The van der Waals surface area contributed by atoms with Crippen molar-refractivity contribution in [3.63, 3.8) is 0 Å². The number of hydrogen-bond acceptors (Lipinski definition) is 2. The molecule has 0 aliphatic carbocycles. The molecular weight excluding hydrogens is 169 g/mol. The summed E-state index contributed by atoms with van der Waals surface area (Å²) in [5.74, 6) is -0.497. The van der Waals surface area contributed by atoms with Gasteiger partial charge in [0, 0.05) is 0 Å². The Labute approximate surface area is 76.2 Å². The van der Waals surface area contributed by atoms with Crippen LogP contribution in [0.15, 0.2) is 18.3 Å². The summed E-state index contributed by atoms with van der Waals surface area (Å²) in [6, 6.07) is 3.52. The van der Waals surface area contributed by atoms with Crippen LogP contribution >= 0.6 is 0 Å². The Hall–Kier alpha value is -1.45. The molecule has 70 valence electrons. The molecule has 2 aromatic heterocycles. The van der Waals surface area contributed by atoms with E-state index in [1.54, 1.807) is 12.1 Å². The van der Waals surface area contributed by atoms with Gasteiger partial charge < -0.3 is 0 Å². The average Bonchev–Trinajstić information content (AvgIpc) is 2.48. The van der Waals surface area contributed by atoms with Crippen molar-refractivity contribution in [2.45, 2.75) is 20.8 Å². The first-order valence-electron chi connectivity index (χ1n) is 4.24.